The van der Waals surface area contributed by atoms with E-state index in [1.165, 1.54) is 4.31 Å². The van der Waals surface area contributed by atoms with Crippen LogP contribution in [-0.2, 0) is 27.1 Å². The first kappa shape index (κ1) is 13.5. The molecule has 1 saturated heterocycles. The molecule has 100 valence electrons. The average Bonchev–Trinajstić information content (AvgIpc) is 2.40. The van der Waals surface area contributed by atoms with E-state index in [1.807, 2.05) is 24.3 Å². The van der Waals surface area contributed by atoms with Crippen molar-refractivity contribution in [3.63, 3.8) is 0 Å². The first-order valence-corrected chi connectivity index (χ1v) is 7.66. The summed E-state index contributed by atoms with van der Waals surface area (Å²) in [6.07, 6.45) is 0. The van der Waals surface area contributed by atoms with Crippen LogP contribution >= 0.6 is 0 Å². The van der Waals surface area contributed by atoms with E-state index in [1.54, 1.807) is 0 Å². The largest absolute Gasteiger partial charge is 0.379 e. The summed E-state index contributed by atoms with van der Waals surface area (Å²) in [5, 5.41) is 0. The van der Waals surface area contributed by atoms with Crippen molar-refractivity contribution in [1.29, 1.82) is 0 Å². The van der Waals surface area contributed by atoms with E-state index >= 15 is 0 Å². The Morgan fingerprint density at radius 2 is 1.78 bits per heavy atom. The maximum Gasteiger partial charge on any atom is 0.218 e. The molecule has 0 atom stereocenters. The second-order valence-corrected chi connectivity index (χ2v) is 6.26. The molecule has 0 aromatic heterocycles. The predicted molar refractivity (Wildman–Crippen MR) is 68.0 cm³/mol. The van der Waals surface area contributed by atoms with Gasteiger partial charge in [-0.1, -0.05) is 24.3 Å². The quantitative estimate of drug-likeness (QED) is 0.809. The van der Waals surface area contributed by atoms with Gasteiger partial charge < -0.3 is 10.5 Å². The van der Waals surface area contributed by atoms with Crippen molar-refractivity contribution in [3.05, 3.63) is 35.4 Å². The molecule has 0 unspecified atom stereocenters. The van der Waals surface area contributed by atoms with Gasteiger partial charge >= 0.3 is 0 Å². The molecule has 1 aromatic carbocycles. The molecule has 0 bridgehead atoms. The number of sulfonamides is 1. The highest BCUT2D eigenvalue weighted by Gasteiger charge is 2.25. The van der Waals surface area contributed by atoms with Crippen LogP contribution in [0.3, 0.4) is 0 Å². The van der Waals surface area contributed by atoms with E-state index in [0.29, 0.717) is 32.8 Å². The fourth-order valence-corrected chi connectivity index (χ4v) is 3.62. The molecule has 1 aliphatic rings. The molecule has 1 aromatic rings. The molecule has 0 aliphatic carbocycles. The van der Waals surface area contributed by atoms with Crippen LogP contribution < -0.4 is 5.73 Å². The van der Waals surface area contributed by atoms with Gasteiger partial charge in [-0.25, -0.2) is 8.42 Å². The van der Waals surface area contributed by atoms with E-state index in [9.17, 15) is 8.42 Å². The Morgan fingerprint density at radius 1 is 1.17 bits per heavy atom. The highest BCUT2D eigenvalue weighted by atomic mass is 32.2. The molecule has 5 nitrogen and oxygen atoms in total. The van der Waals surface area contributed by atoms with E-state index in [4.69, 9.17) is 4.74 Å². The Labute approximate surface area is 108 Å². The lowest BCUT2D eigenvalue weighted by molar-refractivity contribution is -0.386. The fourth-order valence-electron chi connectivity index (χ4n) is 2.05. The lowest BCUT2D eigenvalue weighted by Crippen LogP contribution is -2.48. The Balaban J connectivity index is 2.16. The molecule has 0 saturated carbocycles. The van der Waals surface area contributed by atoms with Gasteiger partial charge in [0.05, 0.1) is 25.5 Å². The summed E-state index contributed by atoms with van der Waals surface area (Å²) in [5.41, 5.74) is 5.67. The van der Waals surface area contributed by atoms with Gasteiger partial charge in [0.25, 0.3) is 0 Å². The maximum atomic E-state index is 12.3. The van der Waals surface area contributed by atoms with Crippen molar-refractivity contribution in [2.75, 3.05) is 26.3 Å². The number of hydrogen-bond donors (Lipinski definition) is 1. The van der Waals surface area contributed by atoms with E-state index in [0.717, 1.165) is 11.1 Å². The molecule has 6 heteroatoms. The molecular weight excluding hydrogens is 252 g/mol. The average molecular weight is 271 g/mol. The van der Waals surface area contributed by atoms with Crippen molar-refractivity contribution in [2.24, 2.45) is 0 Å². The third kappa shape index (κ3) is 3.08. The van der Waals surface area contributed by atoms with E-state index in [-0.39, 0.29) is 5.75 Å². The molecule has 2 rings (SSSR count). The first-order chi connectivity index (χ1) is 8.63. The number of hydrogen-bond acceptors (Lipinski definition) is 3. The summed E-state index contributed by atoms with van der Waals surface area (Å²) >= 11 is 0. The molecule has 18 heavy (non-hydrogen) atoms. The number of quaternary nitrogens is 1. The van der Waals surface area contributed by atoms with Gasteiger partial charge in [-0.2, -0.15) is 4.31 Å². The summed E-state index contributed by atoms with van der Waals surface area (Å²) in [6, 6.07) is 7.56. The first-order valence-electron chi connectivity index (χ1n) is 6.05. The highest BCUT2D eigenvalue weighted by Crippen LogP contribution is 2.15. The van der Waals surface area contributed by atoms with Crippen LogP contribution in [0.15, 0.2) is 24.3 Å². The van der Waals surface area contributed by atoms with E-state index < -0.39 is 10.0 Å². The summed E-state index contributed by atoms with van der Waals surface area (Å²) in [5.74, 6) is 0.0543. The standard InChI is InChI=1S/C12H18N2O3S/c13-9-11-3-1-2-4-12(11)10-18(15,16)14-5-7-17-8-6-14/h1-4H,5-10,13H2/p+1. The van der Waals surface area contributed by atoms with Crippen molar-refractivity contribution < 1.29 is 18.9 Å². The molecule has 0 radical (unpaired) electrons. The summed E-state index contributed by atoms with van der Waals surface area (Å²) in [6.45, 7) is 2.48. The smallest absolute Gasteiger partial charge is 0.218 e. The summed E-state index contributed by atoms with van der Waals surface area (Å²) in [4.78, 5) is 0. The maximum absolute atomic E-state index is 12.3. The zero-order valence-corrected chi connectivity index (χ0v) is 11.2. The second-order valence-electron chi connectivity index (χ2n) is 4.29. The topological polar surface area (TPSA) is 74.2 Å². The Kier molecular flexibility index (Phi) is 4.34. The number of morpholine rings is 1. The Hall–Kier alpha value is -0.950. The number of nitrogens with zero attached hydrogens (tertiary/aromatic N) is 1. The van der Waals surface area contributed by atoms with Crippen LogP contribution in [0, 0.1) is 0 Å². The minimum Gasteiger partial charge on any atom is -0.379 e. The van der Waals surface area contributed by atoms with Crippen LogP contribution in [0.2, 0.25) is 0 Å². The van der Waals surface area contributed by atoms with Crippen LogP contribution in [0.25, 0.3) is 0 Å². The van der Waals surface area contributed by atoms with Crippen molar-refractivity contribution in [1.82, 2.24) is 4.31 Å². The van der Waals surface area contributed by atoms with Gasteiger partial charge in [-0.3, -0.25) is 0 Å². The predicted octanol–water partition coefficient (Wildman–Crippen LogP) is -0.409. The lowest BCUT2D eigenvalue weighted by atomic mass is 10.1. The SMILES string of the molecule is [NH3+]Cc1ccccc1CS(=O)(=O)N1CCOCC1. The van der Waals surface area contributed by atoms with Crippen molar-refractivity contribution in [2.45, 2.75) is 12.3 Å². The van der Waals surface area contributed by atoms with Gasteiger partial charge in [-0.05, 0) is 5.56 Å². The van der Waals surface area contributed by atoms with Crippen molar-refractivity contribution >= 4 is 10.0 Å². The number of ether oxygens (including phenoxy) is 1. The van der Waals surface area contributed by atoms with Crippen LogP contribution in [-0.4, -0.2) is 39.0 Å². The minimum absolute atomic E-state index is 0.0543. The zero-order chi connectivity index (χ0) is 13.0. The number of rotatable bonds is 4. The fraction of sp³-hybridized carbons (Fsp3) is 0.500. The molecule has 3 N–H and O–H groups in total. The Morgan fingerprint density at radius 3 is 2.39 bits per heavy atom. The minimum atomic E-state index is -3.24. The molecule has 1 aliphatic heterocycles. The van der Waals surface area contributed by atoms with Gasteiger partial charge in [0.15, 0.2) is 0 Å². The molecule has 1 fully saturated rings. The van der Waals surface area contributed by atoms with E-state index in [2.05, 4.69) is 5.73 Å². The van der Waals surface area contributed by atoms with Gasteiger partial charge in [0, 0.05) is 18.7 Å². The number of benzene rings is 1. The monoisotopic (exact) mass is 271 g/mol. The second kappa shape index (κ2) is 5.79. The molecule has 0 amide bonds. The molecular formula is C12H19N2O3S+. The van der Waals surface area contributed by atoms with Gasteiger partial charge in [0.2, 0.25) is 10.0 Å². The molecule has 1 heterocycles. The zero-order valence-electron chi connectivity index (χ0n) is 10.3. The van der Waals surface area contributed by atoms with Crippen LogP contribution in [0.1, 0.15) is 11.1 Å². The van der Waals surface area contributed by atoms with Gasteiger partial charge in [0.1, 0.15) is 0 Å². The van der Waals surface area contributed by atoms with Gasteiger partial charge in [-0.15, -0.1) is 0 Å². The highest BCUT2D eigenvalue weighted by molar-refractivity contribution is 7.88. The third-order valence-electron chi connectivity index (χ3n) is 3.09. The van der Waals surface area contributed by atoms with Crippen LogP contribution in [0.5, 0.6) is 0 Å². The third-order valence-corrected chi connectivity index (χ3v) is 4.92. The van der Waals surface area contributed by atoms with Crippen LogP contribution in [0.4, 0.5) is 0 Å². The lowest BCUT2D eigenvalue weighted by Gasteiger charge is -2.26. The normalized spacial score (nSPS) is 17.8. The summed E-state index contributed by atoms with van der Waals surface area (Å²) in [7, 11) is -3.24. The Bertz CT molecular complexity index is 496. The van der Waals surface area contributed by atoms with Crippen molar-refractivity contribution in [3.8, 4) is 0 Å². The summed E-state index contributed by atoms with van der Waals surface area (Å²) < 4.78 is 31.2. The molecule has 0 spiro atoms.